The number of carboxylic acids is 1. The smallest absolute Gasteiger partial charge is 0.375 e. The van der Waals surface area contributed by atoms with E-state index >= 15 is 0 Å². The second-order valence-electron chi connectivity index (χ2n) is 6.03. The standard InChI is InChI=1S/C21H22F2O4/c1-2-18(21(22,23)20(24)25)19(27-14-17-11-7-4-8-12-17)15-26-13-16-9-5-3-6-10-16/h2-12,18-19H,1,13-15H2,(H,24,25)/t18-,19+/m0/s1. The van der Waals surface area contributed by atoms with Crippen LogP contribution >= 0.6 is 0 Å². The molecule has 1 N–H and O–H groups in total. The maximum Gasteiger partial charge on any atom is 0.375 e. The summed E-state index contributed by atoms with van der Waals surface area (Å²) in [5, 5.41) is 8.89. The van der Waals surface area contributed by atoms with E-state index in [4.69, 9.17) is 14.6 Å². The summed E-state index contributed by atoms with van der Waals surface area (Å²) in [5.74, 6) is -7.96. The molecule has 0 radical (unpaired) electrons. The van der Waals surface area contributed by atoms with Gasteiger partial charge in [0.2, 0.25) is 0 Å². The highest BCUT2D eigenvalue weighted by molar-refractivity contribution is 5.76. The Balaban J connectivity index is 2.08. The van der Waals surface area contributed by atoms with Gasteiger partial charge in [0.25, 0.3) is 0 Å². The first kappa shape index (κ1) is 20.7. The number of hydrogen-bond donors (Lipinski definition) is 1. The van der Waals surface area contributed by atoms with Crippen molar-refractivity contribution in [2.75, 3.05) is 6.61 Å². The molecule has 0 saturated heterocycles. The molecule has 0 saturated carbocycles. The second-order valence-corrected chi connectivity index (χ2v) is 6.03. The van der Waals surface area contributed by atoms with E-state index in [1.165, 1.54) is 0 Å². The van der Waals surface area contributed by atoms with Gasteiger partial charge in [0.15, 0.2) is 0 Å². The van der Waals surface area contributed by atoms with Gasteiger partial charge >= 0.3 is 11.9 Å². The molecular weight excluding hydrogens is 354 g/mol. The molecule has 6 heteroatoms. The van der Waals surface area contributed by atoms with Crippen LogP contribution in [0.1, 0.15) is 11.1 Å². The Morgan fingerprint density at radius 1 is 1.04 bits per heavy atom. The molecule has 0 heterocycles. The van der Waals surface area contributed by atoms with Gasteiger partial charge in [-0.25, -0.2) is 4.79 Å². The van der Waals surface area contributed by atoms with Gasteiger partial charge in [-0.3, -0.25) is 0 Å². The summed E-state index contributed by atoms with van der Waals surface area (Å²) in [4.78, 5) is 11.0. The number of hydrogen-bond acceptors (Lipinski definition) is 3. The van der Waals surface area contributed by atoms with Crippen LogP contribution in [0.15, 0.2) is 73.3 Å². The van der Waals surface area contributed by atoms with Crippen molar-refractivity contribution in [3.05, 3.63) is 84.4 Å². The van der Waals surface area contributed by atoms with Crippen molar-refractivity contribution in [2.24, 2.45) is 5.92 Å². The number of carboxylic acid groups (broad SMARTS) is 1. The molecule has 0 spiro atoms. The van der Waals surface area contributed by atoms with Gasteiger partial charge in [-0.15, -0.1) is 6.58 Å². The van der Waals surface area contributed by atoms with Crippen LogP contribution in [0, 0.1) is 5.92 Å². The Hall–Kier alpha value is -2.57. The minimum Gasteiger partial charge on any atom is -0.477 e. The first-order chi connectivity index (χ1) is 12.9. The highest BCUT2D eigenvalue weighted by Crippen LogP contribution is 2.31. The molecule has 0 aromatic heterocycles. The lowest BCUT2D eigenvalue weighted by Gasteiger charge is -2.29. The fourth-order valence-corrected chi connectivity index (χ4v) is 2.58. The van der Waals surface area contributed by atoms with E-state index in [9.17, 15) is 13.6 Å². The molecular formula is C21H22F2O4. The molecule has 4 nitrogen and oxygen atoms in total. The number of halogens is 2. The van der Waals surface area contributed by atoms with Gasteiger partial charge in [0.05, 0.1) is 31.8 Å². The van der Waals surface area contributed by atoms with Crippen LogP contribution in [0.4, 0.5) is 8.78 Å². The molecule has 0 amide bonds. The Bertz CT molecular complexity index is 719. The molecule has 0 aliphatic heterocycles. The lowest BCUT2D eigenvalue weighted by Crippen LogP contribution is -2.45. The summed E-state index contributed by atoms with van der Waals surface area (Å²) < 4.78 is 39.4. The minimum atomic E-state index is -4.01. The van der Waals surface area contributed by atoms with Gasteiger partial charge < -0.3 is 14.6 Å². The predicted octanol–water partition coefficient (Wildman–Crippen LogP) is 4.31. The van der Waals surface area contributed by atoms with Crippen LogP contribution in [0.2, 0.25) is 0 Å². The second kappa shape index (κ2) is 9.94. The van der Waals surface area contributed by atoms with E-state index in [1.807, 2.05) is 36.4 Å². The number of alkyl halides is 2. The van der Waals surface area contributed by atoms with Gasteiger partial charge in [0, 0.05) is 0 Å². The minimum absolute atomic E-state index is 0.0558. The lowest BCUT2D eigenvalue weighted by molar-refractivity contribution is -0.182. The predicted molar refractivity (Wildman–Crippen MR) is 97.4 cm³/mol. The summed E-state index contributed by atoms with van der Waals surface area (Å²) >= 11 is 0. The number of aliphatic carboxylic acids is 1. The van der Waals surface area contributed by atoms with Crippen LogP contribution < -0.4 is 0 Å². The summed E-state index contributed by atoms with van der Waals surface area (Å²) in [6.45, 7) is 3.44. The van der Waals surface area contributed by atoms with E-state index in [2.05, 4.69) is 6.58 Å². The third kappa shape index (κ3) is 5.98. The van der Waals surface area contributed by atoms with Gasteiger partial charge in [-0.05, 0) is 11.1 Å². The molecule has 0 aliphatic carbocycles. The van der Waals surface area contributed by atoms with Gasteiger partial charge in [-0.2, -0.15) is 8.78 Å². The zero-order valence-corrected chi connectivity index (χ0v) is 14.8. The Morgan fingerprint density at radius 2 is 1.56 bits per heavy atom. The van der Waals surface area contributed by atoms with Crippen molar-refractivity contribution >= 4 is 5.97 Å². The molecule has 27 heavy (non-hydrogen) atoms. The third-order valence-electron chi connectivity index (χ3n) is 4.06. The van der Waals surface area contributed by atoms with Crippen molar-refractivity contribution < 1.29 is 28.2 Å². The zero-order chi connectivity index (χ0) is 19.7. The first-order valence-corrected chi connectivity index (χ1v) is 8.46. The summed E-state index contributed by atoms with van der Waals surface area (Å²) in [6, 6.07) is 18.2. The number of carbonyl (C=O) groups is 1. The summed E-state index contributed by atoms with van der Waals surface area (Å²) in [5.41, 5.74) is 1.66. The topological polar surface area (TPSA) is 55.8 Å². The zero-order valence-electron chi connectivity index (χ0n) is 14.8. The van der Waals surface area contributed by atoms with Crippen molar-refractivity contribution in [1.29, 1.82) is 0 Å². The highest BCUT2D eigenvalue weighted by atomic mass is 19.3. The fraction of sp³-hybridized carbons (Fsp3) is 0.286. The fourth-order valence-electron chi connectivity index (χ4n) is 2.58. The van der Waals surface area contributed by atoms with E-state index in [1.54, 1.807) is 24.3 Å². The molecule has 0 aliphatic rings. The van der Waals surface area contributed by atoms with Crippen LogP contribution in [0.3, 0.4) is 0 Å². The first-order valence-electron chi connectivity index (χ1n) is 8.46. The number of benzene rings is 2. The van der Waals surface area contributed by atoms with Crippen LogP contribution in [0.25, 0.3) is 0 Å². The quantitative estimate of drug-likeness (QED) is 0.594. The summed E-state index contributed by atoms with van der Waals surface area (Å²) in [7, 11) is 0. The molecule has 0 fully saturated rings. The largest absolute Gasteiger partial charge is 0.477 e. The Labute approximate surface area is 157 Å². The van der Waals surface area contributed by atoms with Crippen LogP contribution in [-0.2, 0) is 27.5 Å². The van der Waals surface area contributed by atoms with Crippen LogP contribution in [0.5, 0.6) is 0 Å². The molecule has 2 rings (SSSR count). The normalized spacial score (nSPS) is 13.7. The third-order valence-corrected chi connectivity index (χ3v) is 4.06. The molecule has 144 valence electrons. The van der Waals surface area contributed by atoms with Crippen molar-refractivity contribution in [2.45, 2.75) is 25.2 Å². The maximum absolute atomic E-state index is 14.1. The Morgan fingerprint density at radius 3 is 2.04 bits per heavy atom. The van der Waals surface area contributed by atoms with E-state index in [0.29, 0.717) is 0 Å². The van der Waals surface area contributed by atoms with Crippen LogP contribution in [-0.4, -0.2) is 29.7 Å². The highest BCUT2D eigenvalue weighted by Gasteiger charge is 2.50. The molecule has 2 aromatic carbocycles. The van der Waals surface area contributed by atoms with Gasteiger partial charge in [-0.1, -0.05) is 66.7 Å². The molecule has 2 aromatic rings. The summed E-state index contributed by atoms with van der Waals surface area (Å²) in [6.07, 6.45) is -0.257. The lowest BCUT2D eigenvalue weighted by atomic mass is 9.95. The average Bonchev–Trinajstić information content (AvgIpc) is 2.67. The maximum atomic E-state index is 14.1. The monoisotopic (exact) mass is 376 g/mol. The number of ether oxygens (including phenoxy) is 2. The average molecular weight is 376 g/mol. The molecule has 0 bridgehead atoms. The van der Waals surface area contributed by atoms with E-state index < -0.39 is 23.9 Å². The molecule has 2 atom stereocenters. The van der Waals surface area contributed by atoms with E-state index in [0.717, 1.165) is 17.2 Å². The van der Waals surface area contributed by atoms with Crippen molar-refractivity contribution in [1.82, 2.24) is 0 Å². The SMILES string of the molecule is C=C[C@@H]([C@@H](COCc1ccccc1)OCc1ccccc1)C(F)(F)C(=O)O. The van der Waals surface area contributed by atoms with Crippen molar-refractivity contribution in [3.63, 3.8) is 0 Å². The van der Waals surface area contributed by atoms with Gasteiger partial charge in [0.1, 0.15) is 0 Å². The Kier molecular flexibility index (Phi) is 7.64. The van der Waals surface area contributed by atoms with Crippen molar-refractivity contribution in [3.8, 4) is 0 Å². The van der Waals surface area contributed by atoms with E-state index in [-0.39, 0.29) is 19.8 Å². The molecule has 0 unspecified atom stereocenters. The number of rotatable bonds is 11.